The fourth-order valence-corrected chi connectivity index (χ4v) is 1.77. The van der Waals surface area contributed by atoms with Crippen molar-refractivity contribution in [3.05, 3.63) is 11.2 Å². The van der Waals surface area contributed by atoms with E-state index in [1.807, 2.05) is 0 Å². The highest BCUT2D eigenvalue weighted by Gasteiger charge is 2.06. The summed E-state index contributed by atoms with van der Waals surface area (Å²) < 4.78 is 10.0. The number of halogens is 1. The van der Waals surface area contributed by atoms with Crippen molar-refractivity contribution in [2.45, 2.75) is 5.03 Å². The topological polar surface area (TPSA) is 44.2 Å². The van der Waals surface area contributed by atoms with Crippen LogP contribution in [0, 0.1) is 0 Å². The van der Waals surface area contributed by atoms with Crippen LogP contribution >= 0.6 is 23.4 Å². The molecule has 0 radical (unpaired) electrons. The standard InChI is InChI=1S/C8H11ClN2O2S/c1-12-3-4-14-8-6(13-2)5-7(9)10-11-8/h5H,3-4H2,1-2H3. The fourth-order valence-electron chi connectivity index (χ4n) is 0.809. The van der Waals surface area contributed by atoms with Crippen LogP contribution in [-0.4, -0.2) is 36.8 Å². The molecule has 0 saturated heterocycles. The van der Waals surface area contributed by atoms with Crippen LogP contribution in [0.4, 0.5) is 0 Å². The maximum Gasteiger partial charge on any atom is 0.161 e. The van der Waals surface area contributed by atoms with Crippen molar-refractivity contribution >= 4 is 23.4 Å². The van der Waals surface area contributed by atoms with E-state index in [0.717, 1.165) is 10.8 Å². The van der Waals surface area contributed by atoms with Gasteiger partial charge >= 0.3 is 0 Å². The van der Waals surface area contributed by atoms with E-state index in [4.69, 9.17) is 21.1 Å². The highest BCUT2D eigenvalue weighted by atomic mass is 35.5. The van der Waals surface area contributed by atoms with Crippen molar-refractivity contribution < 1.29 is 9.47 Å². The molecule has 0 unspecified atom stereocenters. The fraction of sp³-hybridized carbons (Fsp3) is 0.500. The quantitative estimate of drug-likeness (QED) is 0.575. The minimum atomic E-state index is 0.331. The lowest BCUT2D eigenvalue weighted by atomic mass is 10.5. The van der Waals surface area contributed by atoms with Gasteiger partial charge in [-0.3, -0.25) is 0 Å². The first-order valence-corrected chi connectivity index (χ1v) is 5.33. The summed E-state index contributed by atoms with van der Waals surface area (Å²) in [7, 11) is 3.24. The molecule has 1 aromatic rings. The molecule has 0 aliphatic carbocycles. The van der Waals surface area contributed by atoms with Gasteiger partial charge in [0.1, 0.15) is 0 Å². The second-order valence-corrected chi connectivity index (χ2v) is 3.85. The molecule has 78 valence electrons. The molecule has 1 heterocycles. The average molecular weight is 235 g/mol. The van der Waals surface area contributed by atoms with Gasteiger partial charge in [-0.15, -0.1) is 10.2 Å². The van der Waals surface area contributed by atoms with Gasteiger partial charge in [-0.25, -0.2) is 0 Å². The highest BCUT2D eigenvalue weighted by molar-refractivity contribution is 7.99. The van der Waals surface area contributed by atoms with Crippen molar-refractivity contribution in [3.8, 4) is 5.75 Å². The second-order valence-electron chi connectivity index (χ2n) is 2.38. The third kappa shape index (κ3) is 3.32. The monoisotopic (exact) mass is 234 g/mol. The number of nitrogens with zero attached hydrogens (tertiary/aromatic N) is 2. The van der Waals surface area contributed by atoms with Crippen molar-refractivity contribution in [1.29, 1.82) is 0 Å². The Balaban J connectivity index is 2.65. The number of methoxy groups -OCH3 is 2. The van der Waals surface area contributed by atoms with Crippen LogP contribution in [0.25, 0.3) is 0 Å². The Bertz CT molecular complexity index is 299. The maximum atomic E-state index is 5.67. The molecule has 0 atom stereocenters. The lowest BCUT2D eigenvalue weighted by Gasteiger charge is -2.05. The predicted octanol–water partition coefficient (Wildman–Crippen LogP) is 1.88. The van der Waals surface area contributed by atoms with Crippen molar-refractivity contribution in [3.63, 3.8) is 0 Å². The van der Waals surface area contributed by atoms with Gasteiger partial charge in [-0.2, -0.15) is 0 Å². The molecule has 0 saturated carbocycles. The second kappa shape index (κ2) is 6.06. The molecule has 0 aliphatic rings. The summed E-state index contributed by atoms with van der Waals surface area (Å²) in [6.07, 6.45) is 0. The van der Waals surface area contributed by atoms with Crippen LogP contribution < -0.4 is 4.74 Å². The smallest absolute Gasteiger partial charge is 0.161 e. The number of thioether (sulfide) groups is 1. The molecular weight excluding hydrogens is 224 g/mol. The van der Waals surface area contributed by atoms with Crippen LogP contribution in [-0.2, 0) is 4.74 Å². The van der Waals surface area contributed by atoms with Crippen LogP contribution in [0.5, 0.6) is 5.75 Å². The van der Waals surface area contributed by atoms with Gasteiger partial charge in [0.15, 0.2) is 15.9 Å². The third-order valence-electron chi connectivity index (χ3n) is 1.44. The van der Waals surface area contributed by atoms with Crippen LogP contribution in [0.15, 0.2) is 11.1 Å². The summed E-state index contributed by atoms with van der Waals surface area (Å²) >= 11 is 7.19. The predicted molar refractivity (Wildman–Crippen MR) is 56.2 cm³/mol. The molecule has 0 aromatic carbocycles. The zero-order valence-corrected chi connectivity index (χ0v) is 9.56. The molecule has 1 aromatic heterocycles. The third-order valence-corrected chi connectivity index (χ3v) is 2.56. The SMILES string of the molecule is COCCSc1nnc(Cl)cc1OC. The van der Waals surface area contributed by atoms with E-state index >= 15 is 0 Å². The maximum absolute atomic E-state index is 5.67. The highest BCUT2D eigenvalue weighted by Crippen LogP contribution is 2.27. The lowest BCUT2D eigenvalue weighted by molar-refractivity contribution is 0.218. The Kier molecular flexibility index (Phi) is 5.00. The molecule has 0 fully saturated rings. The van der Waals surface area contributed by atoms with Gasteiger partial charge in [-0.1, -0.05) is 23.4 Å². The molecule has 0 N–H and O–H groups in total. The first kappa shape index (κ1) is 11.6. The van der Waals surface area contributed by atoms with E-state index in [9.17, 15) is 0 Å². The number of hydrogen-bond acceptors (Lipinski definition) is 5. The summed E-state index contributed by atoms with van der Waals surface area (Å²) in [4.78, 5) is 0. The van der Waals surface area contributed by atoms with E-state index in [-0.39, 0.29) is 0 Å². The largest absolute Gasteiger partial charge is 0.494 e. The Labute approximate surface area is 92.0 Å². The number of hydrogen-bond donors (Lipinski definition) is 0. The molecule has 14 heavy (non-hydrogen) atoms. The van der Waals surface area contributed by atoms with Gasteiger partial charge in [0, 0.05) is 18.9 Å². The molecule has 0 bridgehead atoms. The Hall–Kier alpha value is -0.520. The normalized spacial score (nSPS) is 10.2. The summed E-state index contributed by atoms with van der Waals surface area (Å²) in [5.41, 5.74) is 0. The van der Waals surface area contributed by atoms with E-state index < -0.39 is 0 Å². The van der Waals surface area contributed by atoms with E-state index in [0.29, 0.717) is 17.5 Å². The van der Waals surface area contributed by atoms with E-state index in [1.54, 1.807) is 20.3 Å². The zero-order chi connectivity index (χ0) is 10.4. The van der Waals surface area contributed by atoms with Gasteiger partial charge in [0.25, 0.3) is 0 Å². The van der Waals surface area contributed by atoms with Gasteiger partial charge in [0.2, 0.25) is 0 Å². The van der Waals surface area contributed by atoms with Gasteiger partial charge in [-0.05, 0) is 0 Å². The van der Waals surface area contributed by atoms with E-state index in [2.05, 4.69) is 10.2 Å². The summed E-state index contributed by atoms with van der Waals surface area (Å²) in [5, 5.41) is 8.72. The Morgan fingerprint density at radius 3 is 2.86 bits per heavy atom. The van der Waals surface area contributed by atoms with Gasteiger partial charge < -0.3 is 9.47 Å². The van der Waals surface area contributed by atoms with E-state index in [1.165, 1.54) is 11.8 Å². The summed E-state index contributed by atoms with van der Waals surface area (Å²) in [5.74, 6) is 1.45. The van der Waals surface area contributed by atoms with Crippen LogP contribution in [0.2, 0.25) is 5.15 Å². The molecule has 0 spiro atoms. The molecular formula is C8H11ClN2O2S. The summed E-state index contributed by atoms with van der Waals surface area (Å²) in [6, 6.07) is 1.64. The minimum Gasteiger partial charge on any atom is -0.494 e. The first-order chi connectivity index (χ1) is 6.77. The van der Waals surface area contributed by atoms with Crippen LogP contribution in [0.3, 0.4) is 0 Å². The van der Waals surface area contributed by atoms with Crippen LogP contribution in [0.1, 0.15) is 0 Å². The number of aromatic nitrogens is 2. The average Bonchev–Trinajstić information content (AvgIpc) is 2.20. The van der Waals surface area contributed by atoms with Crippen molar-refractivity contribution in [2.75, 3.05) is 26.6 Å². The minimum absolute atomic E-state index is 0.331. The Morgan fingerprint density at radius 2 is 2.21 bits per heavy atom. The molecule has 4 nitrogen and oxygen atoms in total. The summed E-state index contributed by atoms with van der Waals surface area (Å²) in [6.45, 7) is 0.665. The molecule has 1 rings (SSSR count). The molecule has 6 heteroatoms. The Morgan fingerprint density at radius 1 is 1.43 bits per heavy atom. The molecule has 0 aliphatic heterocycles. The zero-order valence-electron chi connectivity index (χ0n) is 7.99. The number of ether oxygens (including phenoxy) is 2. The number of rotatable bonds is 5. The van der Waals surface area contributed by atoms with Crippen molar-refractivity contribution in [2.24, 2.45) is 0 Å². The molecule has 0 amide bonds. The van der Waals surface area contributed by atoms with Gasteiger partial charge in [0.05, 0.1) is 13.7 Å². The first-order valence-electron chi connectivity index (χ1n) is 3.97. The lowest BCUT2D eigenvalue weighted by Crippen LogP contribution is -1.96. The van der Waals surface area contributed by atoms with Crippen molar-refractivity contribution in [1.82, 2.24) is 10.2 Å².